The van der Waals surface area contributed by atoms with E-state index in [1.807, 2.05) is 80.7 Å². The third-order valence-corrected chi connectivity index (χ3v) is 4.19. The number of urea groups is 1. The molecule has 3 aromatic rings. The molecule has 0 aliphatic heterocycles. The lowest BCUT2D eigenvalue weighted by Gasteiger charge is -2.20. The van der Waals surface area contributed by atoms with E-state index in [4.69, 9.17) is 0 Å². The zero-order valence-electron chi connectivity index (χ0n) is 15.0. The zero-order valence-corrected chi connectivity index (χ0v) is 15.9. The van der Waals surface area contributed by atoms with Gasteiger partial charge < -0.3 is 16.0 Å². The number of amides is 2. The fourth-order valence-electron chi connectivity index (χ4n) is 2.37. The van der Waals surface area contributed by atoms with Gasteiger partial charge in [0.2, 0.25) is 0 Å². The van der Waals surface area contributed by atoms with Gasteiger partial charge in [0.05, 0.1) is 5.69 Å². The fraction of sp³-hybridized carbons (Fsp3) is 0.200. The first kappa shape index (κ1) is 17.9. The average Bonchev–Trinajstić information content (AvgIpc) is 3.03. The number of hydrogen-bond donors (Lipinski definition) is 3. The Kier molecular flexibility index (Phi) is 5.23. The molecule has 0 fully saturated rings. The number of nitrogens with zero attached hydrogens (tertiary/aromatic N) is 1. The average molecular weight is 366 g/mol. The van der Waals surface area contributed by atoms with Crippen LogP contribution in [-0.4, -0.2) is 16.6 Å². The van der Waals surface area contributed by atoms with E-state index in [9.17, 15) is 4.79 Å². The molecule has 0 aliphatic carbocycles. The van der Waals surface area contributed by atoms with Crippen molar-refractivity contribution in [1.82, 2.24) is 10.3 Å². The minimum absolute atomic E-state index is 0.223. The summed E-state index contributed by atoms with van der Waals surface area (Å²) in [4.78, 5) is 16.7. The molecular formula is C20H22N4OS. The summed E-state index contributed by atoms with van der Waals surface area (Å²) < 4.78 is 0. The number of carbonyl (C=O) groups excluding carboxylic acids is 1. The molecule has 0 saturated carbocycles. The first-order chi connectivity index (χ1) is 12.4. The van der Waals surface area contributed by atoms with Gasteiger partial charge in [-0.2, -0.15) is 0 Å². The smallest absolute Gasteiger partial charge is 0.319 e. The van der Waals surface area contributed by atoms with Gasteiger partial charge >= 0.3 is 6.03 Å². The molecule has 6 heteroatoms. The number of para-hydroxylation sites is 1. The Morgan fingerprint density at radius 3 is 2.46 bits per heavy atom. The lowest BCUT2D eigenvalue weighted by molar-refractivity contribution is 0.244. The van der Waals surface area contributed by atoms with Crippen molar-refractivity contribution >= 4 is 33.9 Å². The van der Waals surface area contributed by atoms with Crippen molar-refractivity contribution in [2.45, 2.75) is 26.3 Å². The molecule has 3 N–H and O–H groups in total. The third kappa shape index (κ3) is 5.07. The van der Waals surface area contributed by atoms with Crippen LogP contribution < -0.4 is 16.0 Å². The molecule has 0 spiro atoms. The van der Waals surface area contributed by atoms with Crippen LogP contribution >= 0.6 is 11.3 Å². The van der Waals surface area contributed by atoms with Gasteiger partial charge in [0.1, 0.15) is 0 Å². The monoisotopic (exact) mass is 366 g/mol. The first-order valence-electron chi connectivity index (χ1n) is 8.36. The second-order valence-corrected chi connectivity index (χ2v) is 7.80. The number of benzene rings is 2. The van der Waals surface area contributed by atoms with Crippen molar-refractivity contribution in [3.8, 4) is 11.3 Å². The molecule has 0 unspecified atom stereocenters. The first-order valence-corrected chi connectivity index (χ1v) is 9.24. The van der Waals surface area contributed by atoms with Crippen molar-refractivity contribution in [1.29, 1.82) is 0 Å². The summed E-state index contributed by atoms with van der Waals surface area (Å²) in [6, 6.07) is 17.4. The molecular weight excluding hydrogens is 344 g/mol. The maximum Gasteiger partial charge on any atom is 0.319 e. The quantitative estimate of drug-likeness (QED) is 0.573. The number of carbonyl (C=O) groups is 1. The second-order valence-electron chi connectivity index (χ2n) is 6.94. The number of thiazole rings is 1. The molecule has 2 amide bonds. The Hall–Kier alpha value is -2.86. The van der Waals surface area contributed by atoms with Gasteiger partial charge in [-0.05, 0) is 45.0 Å². The summed E-state index contributed by atoms with van der Waals surface area (Å²) in [6.45, 7) is 5.83. The van der Waals surface area contributed by atoms with Crippen LogP contribution in [0, 0.1) is 0 Å². The van der Waals surface area contributed by atoms with E-state index in [0.717, 1.165) is 27.8 Å². The van der Waals surface area contributed by atoms with E-state index >= 15 is 0 Å². The molecule has 0 atom stereocenters. The van der Waals surface area contributed by atoms with Crippen LogP contribution in [0.1, 0.15) is 20.8 Å². The number of hydrogen-bond acceptors (Lipinski definition) is 4. The Balaban J connectivity index is 1.71. The van der Waals surface area contributed by atoms with Crippen LogP contribution in [0.25, 0.3) is 11.3 Å². The van der Waals surface area contributed by atoms with E-state index in [1.165, 1.54) is 0 Å². The van der Waals surface area contributed by atoms with Crippen LogP contribution in [0.15, 0.2) is 60.0 Å². The predicted octanol–water partition coefficient (Wildman–Crippen LogP) is 5.47. The molecule has 134 valence electrons. The van der Waals surface area contributed by atoms with E-state index in [2.05, 4.69) is 20.9 Å². The summed E-state index contributed by atoms with van der Waals surface area (Å²) in [6.07, 6.45) is 0. The molecule has 0 bridgehead atoms. The highest BCUT2D eigenvalue weighted by Crippen LogP contribution is 2.28. The minimum Gasteiger partial charge on any atom is -0.333 e. The molecule has 0 aliphatic rings. The van der Waals surface area contributed by atoms with Crippen LogP contribution in [0.4, 0.5) is 21.3 Å². The van der Waals surface area contributed by atoms with Gasteiger partial charge in [0.25, 0.3) is 0 Å². The van der Waals surface area contributed by atoms with Crippen molar-refractivity contribution in [2.24, 2.45) is 0 Å². The molecule has 0 radical (unpaired) electrons. The maximum absolute atomic E-state index is 12.0. The summed E-state index contributed by atoms with van der Waals surface area (Å²) in [5.41, 5.74) is 3.27. The highest BCUT2D eigenvalue weighted by Gasteiger charge is 2.14. The highest BCUT2D eigenvalue weighted by atomic mass is 32.1. The van der Waals surface area contributed by atoms with E-state index in [1.54, 1.807) is 11.3 Å². The van der Waals surface area contributed by atoms with Gasteiger partial charge in [-0.15, -0.1) is 11.3 Å². The Morgan fingerprint density at radius 2 is 1.73 bits per heavy atom. The van der Waals surface area contributed by atoms with Crippen LogP contribution in [0.5, 0.6) is 0 Å². The van der Waals surface area contributed by atoms with Crippen molar-refractivity contribution in [3.63, 3.8) is 0 Å². The van der Waals surface area contributed by atoms with Gasteiger partial charge in [0, 0.05) is 27.9 Å². The minimum atomic E-state index is -0.283. The molecule has 2 aromatic carbocycles. The molecule has 5 nitrogen and oxygen atoms in total. The lowest BCUT2D eigenvalue weighted by Crippen LogP contribution is -2.43. The molecule has 3 rings (SSSR count). The largest absolute Gasteiger partial charge is 0.333 e. The predicted molar refractivity (Wildman–Crippen MR) is 109 cm³/mol. The number of anilines is 3. The Labute approximate surface area is 157 Å². The van der Waals surface area contributed by atoms with Crippen LogP contribution in [-0.2, 0) is 0 Å². The molecule has 0 saturated heterocycles. The highest BCUT2D eigenvalue weighted by molar-refractivity contribution is 7.14. The van der Waals surface area contributed by atoms with Crippen molar-refractivity contribution < 1.29 is 4.79 Å². The second kappa shape index (κ2) is 7.58. The summed E-state index contributed by atoms with van der Waals surface area (Å²) in [7, 11) is 0. The van der Waals surface area contributed by atoms with Crippen molar-refractivity contribution in [2.75, 3.05) is 10.6 Å². The number of rotatable bonds is 4. The van der Waals surface area contributed by atoms with Crippen molar-refractivity contribution in [3.05, 3.63) is 60.0 Å². The maximum atomic E-state index is 12.0. The van der Waals surface area contributed by atoms with Gasteiger partial charge in [-0.3, -0.25) is 0 Å². The Bertz CT molecular complexity index is 884. The SMILES string of the molecule is CC(C)(C)NC(=O)Nc1cccc(-c2csc(Nc3ccccc3)n2)c1. The summed E-state index contributed by atoms with van der Waals surface area (Å²) in [5, 5.41) is 11.9. The summed E-state index contributed by atoms with van der Waals surface area (Å²) in [5.74, 6) is 0. The zero-order chi connectivity index (χ0) is 18.6. The fourth-order valence-corrected chi connectivity index (χ4v) is 3.11. The van der Waals surface area contributed by atoms with Gasteiger partial charge in [-0.25, -0.2) is 9.78 Å². The standard InChI is InChI=1S/C20H22N4OS/c1-20(2,3)24-18(25)21-16-11-7-8-14(12-16)17-13-26-19(23-17)22-15-9-5-4-6-10-15/h4-13H,1-3H3,(H,22,23)(H2,21,24,25). The third-order valence-electron chi connectivity index (χ3n) is 3.43. The summed E-state index contributed by atoms with van der Waals surface area (Å²) >= 11 is 1.54. The van der Waals surface area contributed by atoms with Crippen LogP contribution in [0.3, 0.4) is 0 Å². The normalized spacial score (nSPS) is 11.0. The lowest BCUT2D eigenvalue weighted by atomic mass is 10.1. The van der Waals surface area contributed by atoms with E-state index < -0.39 is 0 Å². The van der Waals surface area contributed by atoms with Gasteiger partial charge in [0.15, 0.2) is 5.13 Å². The van der Waals surface area contributed by atoms with Crippen LogP contribution in [0.2, 0.25) is 0 Å². The van der Waals surface area contributed by atoms with Gasteiger partial charge in [-0.1, -0.05) is 30.3 Å². The molecule has 1 aromatic heterocycles. The van der Waals surface area contributed by atoms with E-state index in [0.29, 0.717) is 0 Å². The molecule has 1 heterocycles. The topological polar surface area (TPSA) is 66.1 Å². The number of aromatic nitrogens is 1. The molecule has 26 heavy (non-hydrogen) atoms. The number of nitrogens with one attached hydrogen (secondary N) is 3. The van der Waals surface area contributed by atoms with E-state index in [-0.39, 0.29) is 11.6 Å². The Morgan fingerprint density at radius 1 is 1.00 bits per heavy atom.